The molecule has 140 valence electrons. The monoisotopic (exact) mass is 355 g/mol. The first-order valence-electron chi connectivity index (χ1n) is 9.39. The number of aromatic hydroxyl groups is 2. The van der Waals surface area contributed by atoms with E-state index in [4.69, 9.17) is 0 Å². The van der Waals surface area contributed by atoms with E-state index in [1.807, 2.05) is 4.90 Å². The highest BCUT2D eigenvalue weighted by Gasteiger charge is 2.33. The molecule has 2 aliphatic rings. The Morgan fingerprint density at radius 3 is 2.58 bits per heavy atom. The molecular formula is C22H29NO3. The number of carbonyl (C=O) groups is 1. The number of benzene rings is 1. The van der Waals surface area contributed by atoms with E-state index in [0.717, 1.165) is 49.1 Å². The van der Waals surface area contributed by atoms with Crippen molar-refractivity contribution in [2.75, 3.05) is 13.1 Å². The van der Waals surface area contributed by atoms with Gasteiger partial charge in [-0.05, 0) is 56.6 Å². The quantitative estimate of drug-likeness (QED) is 0.798. The maximum absolute atomic E-state index is 11.4. The van der Waals surface area contributed by atoms with Crippen molar-refractivity contribution in [3.63, 3.8) is 0 Å². The summed E-state index contributed by atoms with van der Waals surface area (Å²) in [5.41, 5.74) is 4.36. The number of phenolic OH excluding ortho intramolecular Hbond substituents is 2. The van der Waals surface area contributed by atoms with Crippen molar-refractivity contribution in [1.82, 2.24) is 4.90 Å². The molecule has 1 aliphatic carbocycles. The largest absolute Gasteiger partial charge is 0.508 e. The van der Waals surface area contributed by atoms with Crippen LogP contribution in [0.1, 0.15) is 50.7 Å². The lowest BCUT2D eigenvalue weighted by atomic mass is 9.72. The van der Waals surface area contributed by atoms with Gasteiger partial charge in [0.2, 0.25) is 5.91 Å². The molecule has 0 bridgehead atoms. The molecule has 1 heterocycles. The highest BCUT2D eigenvalue weighted by atomic mass is 16.3. The smallest absolute Gasteiger partial charge is 0.219 e. The Morgan fingerprint density at radius 1 is 1.27 bits per heavy atom. The topological polar surface area (TPSA) is 60.8 Å². The van der Waals surface area contributed by atoms with E-state index in [1.54, 1.807) is 13.0 Å². The summed E-state index contributed by atoms with van der Waals surface area (Å²) in [6.07, 6.45) is 5.09. The van der Waals surface area contributed by atoms with Crippen molar-refractivity contribution >= 4 is 5.91 Å². The van der Waals surface area contributed by atoms with Crippen LogP contribution in [0.2, 0.25) is 0 Å². The zero-order valence-electron chi connectivity index (χ0n) is 16.0. The van der Waals surface area contributed by atoms with Gasteiger partial charge in [-0.15, -0.1) is 0 Å². The van der Waals surface area contributed by atoms with Gasteiger partial charge in [0.1, 0.15) is 11.5 Å². The number of carbonyl (C=O) groups excluding carboxylic acids is 1. The summed E-state index contributed by atoms with van der Waals surface area (Å²) in [5.74, 6) is 1.10. The van der Waals surface area contributed by atoms with E-state index in [9.17, 15) is 15.0 Å². The minimum atomic E-state index is 0.0841. The third-order valence-corrected chi connectivity index (χ3v) is 5.85. The third kappa shape index (κ3) is 3.64. The first kappa shape index (κ1) is 18.6. The Labute approximate surface area is 155 Å². The summed E-state index contributed by atoms with van der Waals surface area (Å²) in [4.78, 5) is 13.3. The molecule has 1 aliphatic heterocycles. The average molecular weight is 355 g/mol. The summed E-state index contributed by atoms with van der Waals surface area (Å²) in [7, 11) is 0. The first-order chi connectivity index (χ1) is 12.3. The molecule has 0 spiro atoms. The van der Waals surface area contributed by atoms with Crippen molar-refractivity contribution in [2.45, 2.75) is 46.0 Å². The van der Waals surface area contributed by atoms with Gasteiger partial charge in [-0.1, -0.05) is 23.8 Å². The number of amides is 1. The second-order valence-electron chi connectivity index (χ2n) is 8.06. The number of likely N-dealkylation sites (tertiary alicyclic amines) is 1. The van der Waals surface area contributed by atoms with E-state index in [0.29, 0.717) is 11.8 Å². The predicted molar refractivity (Wildman–Crippen MR) is 103 cm³/mol. The van der Waals surface area contributed by atoms with Gasteiger partial charge in [0.05, 0.1) is 0 Å². The van der Waals surface area contributed by atoms with E-state index in [2.05, 4.69) is 26.5 Å². The van der Waals surface area contributed by atoms with Crippen LogP contribution in [0.3, 0.4) is 0 Å². The van der Waals surface area contributed by atoms with E-state index < -0.39 is 0 Å². The molecule has 3 rings (SSSR count). The van der Waals surface area contributed by atoms with Crippen LogP contribution >= 0.6 is 0 Å². The average Bonchev–Trinajstić information content (AvgIpc) is 2.49. The summed E-state index contributed by atoms with van der Waals surface area (Å²) in [6.45, 7) is 11.4. The number of rotatable bonds is 4. The molecule has 2 N–H and O–H groups in total. The standard InChI is InChI=1S/C22H29NO3/c1-13(2)19-6-5-14(3)7-20(19)22-17(9-18(25)10-21(22)26)8-16-11-23(12-16)15(4)24/h7,9-10,16,19-20,25-26H,1,5-6,8,11-12H2,2-4H3/t19-,20+/m0/s1. The van der Waals surface area contributed by atoms with Crippen LogP contribution in [-0.2, 0) is 11.2 Å². The van der Waals surface area contributed by atoms with Crippen LogP contribution in [0, 0.1) is 11.8 Å². The minimum Gasteiger partial charge on any atom is -0.508 e. The fourth-order valence-corrected chi connectivity index (χ4v) is 4.41. The Morgan fingerprint density at radius 2 is 1.96 bits per heavy atom. The van der Waals surface area contributed by atoms with Crippen molar-refractivity contribution in [3.8, 4) is 11.5 Å². The molecule has 4 heteroatoms. The Balaban J connectivity index is 1.94. The van der Waals surface area contributed by atoms with Crippen LogP contribution in [0.25, 0.3) is 0 Å². The van der Waals surface area contributed by atoms with Gasteiger partial charge in [0, 0.05) is 37.6 Å². The molecule has 4 nitrogen and oxygen atoms in total. The lowest BCUT2D eigenvalue weighted by molar-refractivity contribution is -0.134. The summed E-state index contributed by atoms with van der Waals surface area (Å²) < 4.78 is 0. The highest BCUT2D eigenvalue weighted by Crippen LogP contribution is 2.45. The molecule has 26 heavy (non-hydrogen) atoms. The molecule has 1 saturated heterocycles. The summed E-state index contributed by atoms with van der Waals surface area (Å²) in [5, 5.41) is 20.7. The predicted octanol–water partition coefficient (Wildman–Crippen LogP) is 4.13. The number of hydrogen-bond acceptors (Lipinski definition) is 3. The molecule has 0 radical (unpaired) electrons. The summed E-state index contributed by atoms with van der Waals surface area (Å²) >= 11 is 0. The maximum Gasteiger partial charge on any atom is 0.219 e. The van der Waals surface area contributed by atoms with Crippen molar-refractivity contribution in [1.29, 1.82) is 0 Å². The van der Waals surface area contributed by atoms with Gasteiger partial charge < -0.3 is 15.1 Å². The lowest BCUT2D eigenvalue weighted by Gasteiger charge is -2.40. The van der Waals surface area contributed by atoms with E-state index in [-0.39, 0.29) is 23.3 Å². The first-order valence-corrected chi connectivity index (χ1v) is 9.39. The van der Waals surface area contributed by atoms with Crippen molar-refractivity contribution in [3.05, 3.63) is 47.1 Å². The molecule has 1 fully saturated rings. The lowest BCUT2D eigenvalue weighted by Crippen LogP contribution is -2.49. The van der Waals surface area contributed by atoms with Crippen molar-refractivity contribution < 1.29 is 15.0 Å². The van der Waals surface area contributed by atoms with Crippen LogP contribution in [-0.4, -0.2) is 34.1 Å². The Kier molecular flexibility index (Phi) is 5.12. The van der Waals surface area contributed by atoms with Gasteiger partial charge in [0.25, 0.3) is 0 Å². The van der Waals surface area contributed by atoms with Gasteiger partial charge >= 0.3 is 0 Å². The van der Waals surface area contributed by atoms with Crippen LogP contribution < -0.4 is 0 Å². The Hall–Kier alpha value is -2.23. The van der Waals surface area contributed by atoms with E-state index in [1.165, 1.54) is 11.6 Å². The fraction of sp³-hybridized carbons (Fsp3) is 0.500. The SMILES string of the molecule is C=C(C)[C@@H]1CCC(C)=C[C@H]1c1c(O)cc(O)cc1CC1CN(C(C)=O)C1. The minimum absolute atomic E-state index is 0.0841. The molecule has 1 aromatic rings. The molecule has 0 unspecified atom stereocenters. The molecule has 0 aromatic heterocycles. The third-order valence-electron chi connectivity index (χ3n) is 5.85. The van der Waals surface area contributed by atoms with Gasteiger partial charge in [-0.2, -0.15) is 0 Å². The van der Waals surface area contributed by atoms with Crippen molar-refractivity contribution in [2.24, 2.45) is 11.8 Å². The molecule has 1 amide bonds. The molecular weight excluding hydrogens is 326 g/mol. The van der Waals surface area contributed by atoms with Crippen LogP contribution in [0.4, 0.5) is 0 Å². The summed E-state index contributed by atoms with van der Waals surface area (Å²) in [6, 6.07) is 3.22. The zero-order valence-corrected chi connectivity index (χ0v) is 16.0. The maximum atomic E-state index is 11.4. The number of allylic oxidation sites excluding steroid dienone is 3. The van der Waals surface area contributed by atoms with Gasteiger partial charge in [-0.25, -0.2) is 0 Å². The second kappa shape index (κ2) is 7.18. The van der Waals surface area contributed by atoms with Gasteiger partial charge in [-0.3, -0.25) is 4.79 Å². The molecule has 0 saturated carbocycles. The number of phenols is 2. The number of hydrogen-bond donors (Lipinski definition) is 2. The van der Waals surface area contributed by atoms with Gasteiger partial charge in [0.15, 0.2) is 0 Å². The normalized spacial score (nSPS) is 23.3. The van der Waals surface area contributed by atoms with Crippen LogP contribution in [0.15, 0.2) is 35.9 Å². The Bertz CT molecular complexity index is 759. The highest BCUT2D eigenvalue weighted by molar-refractivity contribution is 5.74. The van der Waals surface area contributed by atoms with Crippen LogP contribution in [0.5, 0.6) is 11.5 Å². The second-order valence-corrected chi connectivity index (χ2v) is 8.06. The number of nitrogens with zero attached hydrogens (tertiary/aromatic N) is 1. The van der Waals surface area contributed by atoms with E-state index >= 15 is 0 Å². The fourth-order valence-electron chi connectivity index (χ4n) is 4.41. The molecule has 2 atom stereocenters. The zero-order chi connectivity index (χ0) is 19.0. The molecule has 1 aromatic carbocycles.